The molecule has 2 heterocycles. The van der Waals surface area contributed by atoms with E-state index in [-0.39, 0.29) is 0 Å². The molecule has 1 aliphatic heterocycles. The second kappa shape index (κ2) is 4.45. The summed E-state index contributed by atoms with van der Waals surface area (Å²) in [6, 6.07) is 2.19. The third kappa shape index (κ3) is 1.88. The summed E-state index contributed by atoms with van der Waals surface area (Å²) in [6.07, 6.45) is 5.21. The number of nitrogens with zero attached hydrogens (tertiary/aromatic N) is 3. The molecular formula is C11H16N4. The lowest BCUT2D eigenvalue weighted by Crippen LogP contribution is -2.14. The number of hydrogen-bond acceptors (Lipinski definition) is 3. The molecule has 2 rings (SSSR count). The quantitative estimate of drug-likeness (QED) is 0.798. The molecule has 0 saturated carbocycles. The van der Waals surface area contributed by atoms with Crippen molar-refractivity contribution in [3.05, 3.63) is 17.2 Å². The fourth-order valence-electron chi connectivity index (χ4n) is 2.16. The highest BCUT2D eigenvalue weighted by Gasteiger charge is 2.18. The van der Waals surface area contributed by atoms with Crippen LogP contribution in [-0.4, -0.2) is 16.1 Å². The van der Waals surface area contributed by atoms with Crippen molar-refractivity contribution in [3.63, 3.8) is 0 Å². The Bertz CT molecular complexity index is 386. The van der Waals surface area contributed by atoms with Crippen molar-refractivity contribution in [2.24, 2.45) is 5.73 Å². The van der Waals surface area contributed by atoms with Crippen LogP contribution >= 0.6 is 0 Å². The van der Waals surface area contributed by atoms with Crippen molar-refractivity contribution in [2.75, 3.05) is 6.54 Å². The van der Waals surface area contributed by atoms with Gasteiger partial charge in [0.15, 0.2) is 5.69 Å². The molecule has 0 aliphatic carbocycles. The number of imidazole rings is 1. The van der Waals surface area contributed by atoms with Crippen LogP contribution in [0.3, 0.4) is 0 Å². The smallest absolute Gasteiger partial charge is 0.161 e. The highest BCUT2D eigenvalue weighted by Crippen LogP contribution is 2.20. The number of nitriles is 1. The summed E-state index contributed by atoms with van der Waals surface area (Å²) in [4.78, 5) is 4.39. The summed E-state index contributed by atoms with van der Waals surface area (Å²) >= 11 is 0. The summed E-state index contributed by atoms with van der Waals surface area (Å²) in [5.41, 5.74) is 7.25. The molecule has 0 atom stereocenters. The van der Waals surface area contributed by atoms with E-state index in [1.165, 1.54) is 12.8 Å². The van der Waals surface area contributed by atoms with E-state index in [1.54, 1.807) is 0 Å². The summed E-state index contributed by atoms with van der Waals surface area (Å²) in [7, 11) is 0. The van der Waals surface area contributed by atoms with Gasteiger partial charge in [-0.3, -0.25) is 0 Å². The summed E-state index contributed by atoms with van der Waals surface area (Å²) in [5, 5.41) is 8.98. The monoisotopic (exact) mass is 204 g/mol. The summed E-state index contributed by atoms with van der Waals surface area (Å²) < 4.78 is 2.22. The van der Waals surface area contributed by atoms with Gasteiger partial charge in [0.1, 0.15) is 11.9 Å². The minimum absolute atomic E-state index is 0.627. The van der Waals surface area contributed by atoms with Gasteiger partial charge in [-0.2, -0.15) is 5.26 Å². The topological polar surface area (TPSA) is 67.6 Å². The van der Waals surface area contributed by atoms with Gasteiger partial charge in [-0.25, -0.2) is 4.98 Å². The predicted octanol–water partition coefficient (Wildman–Crippen LogP) is 0.982. The zero-order valence-electron chi connectivity index (χ0n) is 8.87. The molecule has 1 aliphatic rings. The molecular weight excluding hydrogens is 188 g/mol. The average Bonchev–Trinajstić information content (AvgIpc) is 2.65. The van der Waals surface area contributed by atoms with E-state index >= 15 is 0 Å². The first-order valence-corrected chi connectivity index (χ1v) is 5.55. The van der Waals surface area contributed by atoms with Gasteiger partial charge < -0.3 is 10.3 Å². The van der Waals surface area contributed by atoms with Crippen molar-refractivity contribution in [1.29, 1.82) is 5.26 Å². The molecule has 0 radical (unpaired) electrons. The lowest BCUT2D eigenvalue weighted by molar-refractivity contribution is 0.511. The van der Waals surface area contributed by atoms with Crippen LogP contribution in [0.15, 0.2) is 0 Å². The van der Waals surface area contributed by atoms with Gasteiger partial charge in [0, 0.05) is 13.0 Å². The van der Waals surface area contributed by atoms with Crippen LogP contribution < -0.4 is 5.73 Å². The van der Waals surface area contributed by atoms with E-state index in [2.05, 4.69) is 15.6 Å². The van der Waals surface area contributed by atoms with Gasteiger partial charge in [-0.05, 0) is 32.2 Å². The van der Waals surface area contributed by atoms with Crippen LogP contribution in [0.1, 0.15) is 36.5 Å². The lowest BCUT2D eigenvalue weighted by Gasteiger charge is -2.16. The van der Waals surface area contributed by atoms with E-state index in [4.69, 9.17) is 11.0 Å². The standard InChI is InChI=1S/C11H16N4/c12-6-3-5-11-14-9(8-13)10-4-1-2-7-15(10)11/h1-7,12H2. The molecule has 0 spiro atoms. The first-order valence-electron chi connectivity index (χ1n) is 5.55. The Morgan fingerprint density at radius 1 is 1.47 bits per heavy atom. The Morgan fingerprint density at radius 3 is 3.07 bits per heavy atom. The van der Waals surface area contributed by atoms with Gasteiger partial charge >= 0.3 is 0 Å². The molecule has 1 aromatic rings. The number of rotatable bonds is 3. The van der Waals surface area contributed by atoms with Gasteiger partial charge in [0.05, 0.1) is 5.69 Å². The van der Waals surface area contributed by atoms with Crippen LogP contribution in [-0.2, 0) is 19.4 Å². The maximum absolute atomic E-state index is 8.98. The largest absolute Gasteiger partial charge is 0.331 e. The summed E-state index contributed by atoms with van der Waals surface area (Å²) in [6.45, 7) is 1.70. The molecule has 4 heteroatoms. The fraction of sp³-hybridized carbons (Fsp3) is 0.636. The maximum Gasteiger partial charge on any atom is 0.161 e. The van der Waals surface area contributed by atoms with Crippen molar-refractivity contribution in [2.45, 2.75) is 38.6 Å². The highest BCUT2D eigenvalue weighted by atomic mass is 15.1. The second-order valence-electron chi connectivity index (χ2n) is 3.94. The van der Waals surface area contributed by atoms with Gasteiger partial charge in [-0.15, -0.1) is 0 Å². The van der Waals surface area contributed by atoms with Crippen molar-refractivity contribution in [1.82, 2.24) is 9.55 Å². The van der Waals surface area contributed by atoms with Crippen LogP contribution in [0.25, 0.3) is 0 Å². The normalized spacial score (nSPS) is 14.7. The summed E-state index contributed by atoms with van der Waals surface area (Å²) in [5.74, 6) is 1.05. The van der Waals surface area contributed by atoms with E-state index in [1.807, 2.05) is 0 Å². The molecule has 0 bridgehead atoms. The van der Waals surface area contributed by atoms with Gasteiger partial charge in [0.2, 0.25) is 0 Å². The first-order chi connectivity index (χ1) is 7.36. The zero-order valence-corrected chi connectivity index (χ0v) is 8.87. The minimum Gasteiger partial charge on any atom is -0.331 e. The third-order valence-corrected chi connectivity index (χ3v) is 2.91. The Balaban J connectivity index is 2.30. The van der Waals surface area contributed by atoms with Crippen molar-refractivity contribution < 1.29 is 0 Å². The first kappa shape index (κ1) is 10.2. The molecule has 15 heavy (non-hydrogen) atoms. The number of fused-ring (bicyclic) bond motifs is 1. The third-order valence-electron chi connectivity index (χ3n) is 2.91. The molecule has 0 saturated heterocycles. The maximum atomic E-state index is 8.98. The Labute approximate surface area is 89.7 Å². The molecule has 0 fully saturated rings. The molecule has 1 aromatic heterocycles. The molecule has 0 aromatic carbocycles. The Hall–Kier alpha value is -1.34. The average molecular weight is 204 g/mol. The van der Waals surface area contributed by atoms with E-state index in [0.29, 0.717) is 12.2 Å². The van der Waals surface area contributed by atoms with Crippen LogP contribution in [0, 0.1) is 11.3 Å². The van der Waals surface area contributed by atoms with E-state index in [9.17, 15) is 0 Å². The van der Waals surface area contributed by atoms with Crippen LogP contribution in [0.5, 0.6) is 0 Å². The molecule has 0 unspecified atom stereocenters. The highest BCUT2D eigenvalue weighted by molar-refractivity contribution is 5.30. The van der Waals surface area contributed by atoms with E-state index < -0.39 is 0 Å². The minimum atomic E-state index is 0.627. The number of aryl methyl sites for hydroxylation is 1. The number of hydrogen-bond donors (Lipinski definition) is 1. The Kier molecular flexibility index (Phi) is 3.02. The van der Waals surface area contributed by atoms with Gasteiger partial charge in [-0.1, -0.05) is 0 Å². The molecule has 4 nitrogen and oxygen atoms in total. The van der Waals surface area contributed by atoms with Crippen LogP contribution in [0.4, 0.5) is 0 Å². The molecule has 0 amide bonds. The SMILES string of the molecule is N#Cc1nc(CCCN)n2c1CCCC2. The van der Waals surface area contributed by atoms with Crippen LogP contribution in [0.2, 0.25) is 0 Å². The van der Waals surface area contributed by atoms with Crippen molar-refractivity contribution in [3.8, 4) is 6.07 Å². The predicted molar refractivity (Wildman–Crippen MR) is 57.3 cm³/mol. The van der Waals surface area contributed by atoms with Crippen molar-refractivity contribution >= 4 is 0 Å². The number of nitrogens with two attached hydrogens (primary N) is 1. The zero-order chi connectivity index (χ0) is 10.7. The molecule has 2 N–H and O–H groups in total. The molecule has 80 valence electrons. The fourth-order valence-corrected chi connectivity index (χ4v) is 2.16. The van der Waals surface area contributed by atoms with Gasteiger partial charge in [0.25, 0.3) is 0 Å². The second-order valence-corrected chi connectivity index (χ2v) is 3.94. The Morgan fingerprint density at radius 2 is 2.33 bits per heavy atom. The number of aromatic nitrogens is 2. The van der Waals surface area contributed by atoms with E-state index in [0.717, 1.165) is 37.3 Å². The lowest BCUT2D eigenvalue weighted by atomic mass is 10.1.